The minimum atomic E-state index is -0.736. The molecule has 0 bridgehead atoms. The van der Waals surface area contributed by atoms with Crippen molar-refractivity contribution in [1.82, 2.24) is 5.32 Å². The normalized spacial score (nSPS) is 19.0. The number of nitrogens with zero attached hydrogens (tertiary/aromatic N) is 1. The van der Waals surface area contributed by atoms with Crippen molar-refractivity contribution in [1.29, 1.82) is 0 Å². The molecule has 2 atom stereocenters. The van der Waals surface area contributed by atoms with Gasteiger partial charge >= 0.3 is 5.97 Å². The molecule has 1 heterocycles. The van der Waals surface area contributed by atoms with Crippen LogP contribution in [0.25, 0.3) is 11.3 Å². The monoisotopic (exact) mass is 386 g/mol. The molecule has 1 N–H and O–H groups in total. The molecule has 1 fully saturated rings. The molecule has 28 heavy (non-hydrogen) atoms. The maximum Gasteiger partial charge on any atom is 0.374 e. The number of ether oxygens (including phenoxy) is 1. The average molecular weight is 386 g/mol. The van der Waals surface area contributed by atoms with Crippen molar-refractivity contribution < 1.29 is 23.7 Å². The van der Waals surface area contributed by atoms with Crippen molar-refractivity contribution in [2.45, 2.75) is 38.6 Å². The summed E-state index contributed by atoms with van der Waals surface area (Å²) < 4.78 is 10.5. The van der Waals surface area contributed by atoms with E-state index in [1.807, 2.05) is 0 Å². The maximum absolute atomic E-state index is 12.1. The number of non-ortho nitro benzene ring substituents is 1. The van der Waals surface area contributed by atoms with Gasteiger partial charge in [0, 0.05) is 23.7 Å². The number of carbonyl (C=O) groups excluding carboxylic acids is 2. The van der Waals surface area contributed by atoms with Crippen molar-refractivity contribution in [2.24, 2.45) is 5.92 Å². The van der Waals surface area contributed by atoms with Gasteiger partial charge < -0.3 is 14.5 Å². The zero-order valence-electron chi connectivity index (χ0n) is 15.6. The summed E-state index contributed by atoms with van der Waals surface area (Å²) in [6.45, 7) is 1.74. The van der Waals surface area contributed by atoms with E-state index in [4.69, 9.17) is 9.15 Å². The van der Waals surface area contributed by atoms with Crippen LogP contribution in [-0.4, -0.2) is 29.4 Å². The number of nitro groups is 1. The second kappa shape index (κ2) is 8.69. The first-order valence-corrected chi connectivity index (χ1v) is 9.25. The summed E-state index contributed by atoms with van der Waals surface area (Å²) in [6, 6.07) is 8.91. The van der Waals surface area contributed by atoms with Crippen molar-refractivity contribution in [3.8, 4) is 11.3 Å². The van der Waals surface area contributed by atoms with Crippen LogP contribution in [0, 0.1) is 16.0 Å². The number of hydrogen-bond donors (Lipinski definition) is 1. The Hall–Kier alpha value is -3.16. The van der Waals surface area contributed by atoms with Gasteiger partial charge in [-0.05, 0) is 43.0 Å². The molecule has 1 amide bonds. The Kier molecular flexibility index (Phi) is 6.08. The summed E-state index contributed by atoms with van der Waals surface area (Å²) >= 11 is 0. The van der Waals surface area contributed by atoms with Gasteiger partial charge in [0.15, 0.2) is 6.61 Å². The Morgan fingerprint density at radius 2 is 1.89 bits per heavy atom. The SMILES string of the molecule is CC1CCCCC1NC(=O)COC(=O)c1ccc(-c2ccc([N+](=O)[O-])cc2)o1. The van der Waals surface area contributed by atoms with Crippen LogP contribution in [0.1, 0.15) is 43.2 Å². The van der Waals surface area contributed by atoms with E-state index in [0.29, 0.717) is 17.2 Å². The summed E-state index contributed by atoms with van der Waals surface area (Å²) in [5.41, 5.74) is 0.557. The molecule has 0 aliphatic heterocycles. The highest BCUT2D eigenvalue weighted by Crippen LogP contribution is 2.25. The summed E-state index contributed by atoms with van der Waals surface area (Å²) in [5.74, 6) is -0.300. The Labute approximate surface area is 162 Å². The zero-order chi connectivity index (χ0) is 20.1. The van der Waals surface area contributed by atoms with Gasteiger partial charge in [0.05, 0.1) is 4.92 Å². The van der Waals surface area contributed by atoms with Crippen LogP contribution in [0.4, 0.5) is 5.69 Å². The molecular weight excluding hydrogens is 364 g/mol. The van der Waals surface area contributed by atoms with Crippen LogP contribution in [0.5, 0.6) is 0 Å². The molecule has 1 saturated carbocycles. The number of carbonyl (C=O) groups is 2. The third-order valence-corrected chi connectivity index (χ3v) is 4.96. The first-order chi connectivity index (χ1) is 13.4. The molecule has 0 saturated heterocycles. The van der Waals surface area contributed by atoms with Gasteiger partial charge in [0.1, 0.15) is 5.76 Å². The minimum absolute atomic E-state index is 0.0340. The van der Waals surface area contributed by atoms with Crippen molar-refractivity contribution >= 4 is 17.6 Å². The number of nitrogens with one attached hydrogen (secondary N) is 1. The molecule has 8 heteroatoms. The predicted octanol–water partition coefficient (Wildman–Crippen LogP) is 3.71. The second-order valence-electron chi connectivity index (χ2n) is 6.98. The molecule has 0 spiro atoms. The van der Waals surface area contributed by atoms with Gasteiger partial charge in [0.25, 0.3) is 11.6 Å². The molecule has 1 aromatic carbocycles. The van der Waals surface area contributed by atoms with Gasteiger partial charge in [-0.25, -0.2) is 4.79 Å². The number of hydrogen-bond acceptors (Lipinski definition) is 6. The number of amides is 1. The summed E-state index contributed by atoms with van der Waals surface area (Å²) in [5, 5.41) is 13.6. The lowest BCUT2D eigenvalue weighted by atomic mass is 9.86. The maximum atomic E-state index is 12.1. The fraction of sp³-hybridized carbons (Fsp3) is 0.400. The van der Waals surface area contributed by atoms with Gasteiger partial charge in [0.2, 0.25) is 5.76 Å². The van der Waals surface area contributed by atoms with E-state index < -0.39 is 10.9 Å². The third-order valence-electron chi connectivity index (χ3n) is 4.96. The minimum Gasteiger partial charge on any atom is -0.450 e. The zero-order valence-corrected chi connectivity index (χ0v) is 15.6. The van der Waals surface area contributed by atoms with Crippen LogP contribution < -0.4 is 5.32 Å². The molecule has 8 nitrogen and oxygen atoms in total. The Morgan fingerprint density at radius 1 is 1.18 bits per heavy atom. The molecule has 2 aromatic rings. The van der Waals surface area contributed by atoms with Gasteiger partial charge in [-0.2, -0.15) is 0 Å². The van der Waals surface area contributed by atoms with E-state index >= 15 is 0 Å². The number of esters is 1. The lowest BCUT2D eigenvalue weighted by Crippen LogP contribution is -2.42. The number of nitro benzene ring substituents is 1. The lowest BCUT2D eigenvalue weighted by molar-refractivity contribution is -0.384. The number of benzene rings is 1. The smallest absolute Gasteiger partial charge is 0.374 e. The first-order valence-electron chi connectivity index (χ1n) is 9.25. The van der Waals surface area contributed by atoms with Crippen LogP contribution in [0.3, 0.4) is 0 Å². The summed E-state index contributed by atoms with van der Waals surface area (Å²) in [7, 11) is 0. The number of rotatable bonds is 6. The highest BCUT2D eigenvalue weighted by atomic mass is 16.6. The van der Waals surface area contributed by atoms with E-state index in [0.717, 1.165) is 19.3 Å². The Balaban J connectivity index is 1.53. The quantitative estimate of drug-likeness (QED) is 0.460. The van der Waals surface area contributed by atoms with Gasteiger partial charge in [-0.3, -0.25) is 14.9 Å². The average Bonchev–Trinajstić information content (AvgIpc) is 3.18. The standard InChI is InChI=1S/C20H22N2O6/c1-13-4-2-3-5-16(13)21-19(23)12-27-20(24)18-11-10-17(28-18)14-6-8-15(9-7-14)22(25)26/h6-11,13,16H,2-5,12H2,1H3,(H,21,23). The highest BCUT2D eigenvalue weighted by molar-refractivity contribution is 5.89. The lowest BCUT2D eigenvalue weighted by Gasteiger charge is -2.29. The fourth-order valence-corrected chi connectivity index (χ4v) is 3.33. The molecule has 0 radical (unpaired) electrons. The molecule has 1 aromatic heterocycles. The Morgan fingerprint density at radius 3 is 2.57 bits per heavy atom. The molecule has 1 aliphatic rings. The van der Waals surface area contributed by atoms with E-state index in [-0.39, 0.29) is 30.0 Å². The van der Waals surface area contributed by atoms with Crippen LogP contribution in [0.2, 0.25) is 0 Å². The largest absolute Gasteiger partial charge is 0.450 e. The van der Waals surface area contributed by atoms with Gasteiger partial charge in [-0.1, -0.05) is 19.8 Å². The van der Waals surface area contributed by atoms with E-state index in [9.17, 15) is 19.7 Å². The molecule has 2 unspecified atom stereocenters. The fourth-order valence-electron chi connectivity index (χ4n) is 3.33. The van der Waals surface area contributed by atoms with E-state index in [1.54, 1.807) is 6.07 Å². The molecule has 1 aliphatic carbocycles. The highest BCUT2D eigenvalue weighted by Gasteiger charge is 2.23. The first kappa shape index (κ1) is 19.6. The van der Waals surface area contributed by atoms with Crippen LogP contribution in [-0.2, 0) is 9.53 Å². The van der Waals surface area contributed by atoms with Crippen molar-refractivity contribution in [2.75, 3.05) is 6.61 Å². The van der Waals surface area contributed by atoms with E-state index in [1.165, 1.54) is 36.8 Å². The van der Waals surface area contributed by atoms with Crippen LogP contribution >= 0.6 is 0 Å². The topological polar surface area (TPSA) is 112 Å². The second-order valence-corrected chi connectivity index (χ2v) is 6.98. The summed E-state index contributed by atoms with van der Waals surface area (Å²) in [6.07, 6.45) is 4.30. The number of furan rings is 1. The molecule has 3 rings (SSSR count). The van der Waals surface area contributed by atoms with Gasteiger partial charge in [-0.15, -0.1) is 0 Å². The summed E-state index contributed by atoms with van der Waals surface area (Å²) in [4.78, 5) is 34.3. The third kappa shape index (κ3) is 4.76. The van der Waals surface area contributed by atoms with E-state index in [2.05, 4.69) is 12.2 Å². The van der Waals surface area contributed by atoms with Crippen molar-refractivity contribution in [3.05, 3.63) is 52.3 Å². The van der Waals surface area contributed by atoms with Crippen molar-refractivity contribution in [3.63, 3.8) is 0 Å². The molecular formula is C20H22N2O6. The predicted molar refractivity (Wildman–Crippen MR) is 101 cm³/mol. The Bertz CT molecular complexity index is 858. The molecule has 148 valence electrons. The van der Waals surface area contributed by atoms with Crippen LogP contribution in [0.15, 0.2) is 40.8 Å².